The normalized spacial score (nSPS) is 16.5. The van der Waals surface area contributed by atoms with Gasteiger partial charge in [-0.2, -0.15) is 0 Å². The molecule has 0 saturated carbocycles. The number of amides is 5. The number of para-hydroxylation sites is 1. The number of nitrogens with two attached hydrogens (primary N) is 1. The summed E-state index contributed by atoms with van der Waals surface area (Å²) in [4.78, 5) is 51.8. The molecule has 0 bridgehead atoms. The minimum atomic E-state index is -1.25. The molecule has 35 heavy (non-hydrogen) atoms. The first kappa shape index (κ1) is 25.7. The average molecular weight is 485 g/mol. The molecule has 0 aromatic heterocycles. The molecule has 1 heterocycles. The van der Waals surface area contributed by atoms with Crippen LogP contribution in [-0.2, 0) is 27.2 Å². The maximum Gasteiger partial charge on any atom is 0.408 e. The first-order chi connectivity index (χ1) is 16.5. The molecular weight excluding hydrogens is 455 g/mol. The van der Waals surface area contributed by atoms with E-state index < -0.39 is 47.4 Å². The number of nitrogens with zero attached hydrogens (tertiary/aromatic N) is 1. The Morgan fingerprint density at radius 3 is 2.46 bits per heavy atom. The van der Waals surface area contributed by atoms with Crippen molar-refractivity contribution in [1.29, 1.82) is 0 Å². The van der Waals surface area contributed by atoms with Gasteiger partial charge in [0.25, 0.3) is 5.91 Å². The highest BCUT2D eigenvalue weighted by molar-refractivity contribution is 6.17. The predicted octanol–water partition coefficient (Wildman–Crippen LogP) is 2.80. The molecule has 2 atom stereocenters. The lowest BCUT2D eigenvalue weighted by molar-refractivity contribution is -0.128. The average Bonchev–Trinajstić information content (AvgIpc) is 2.90. The van der Waals surface area contributed by atoms with E-state index in [1.807, 2.05) is 0 Å². The summed E-state index contributed by atoms with van der Waals surface area (Å²) >= 11 is 0. The van der Waals surface area contributed by atoms with Crippen LogP contribution in [0.2, 0.25) is 0 Å². The lowest BCUT2D eigenvalue weighted by Crippen LogP contribution is -2.56. The van der Waals surface area contributed by atoms with Gasteiger partial charge in [-0.05, 0) is 56.9 Å². The Labute approximate surface area is 202 Å². The van der Waals surface area contributed by atoms with Crippen LogP contribution in [0.3, 0.4) is 0 Å². The number of hydrogen-bond donors (Lipinski definition) is 3. The van der Waals surface area contributed by atoms with Gasteiger partial charge in [0.05, 0.1) is 5.69 Å². The maximum absolute atomic E-state index is 14.3. The van der Waals surface area contributed by atoms with E-state index in [4.69, 9.17) is 10.5 Å². The van der Waals surface area contributed by atoms with Gasteiger partial charge in [0.1, 0.15) is 23.5 Å². The quantitative estimate of drug-likeness (QED) is 0.601. The summed E-state index contributed by atoms with van der Waals surface area (Å²) in [6.07, 6.45) is -0.455. The van der Waals surface area contributed by atoms with Gasteiger partial charge in [-0.3, -0.25) is 9.59 Å². The van der Waals surface area contributed by atoms with Crippen molar-refractivity contribution < 1.29 is 28.3 Å². The number of urea groups is 1. The molecule has 10 heteroatoms. The van der Waals surface area contributed by atoms with Gasteiger partial charge in [-0.15, -0.1) is 0 Å². The number of carbonyl (C=O) groups excluding carboxylic acids is 4. The lowest BCUT2D eigenvalue weighted by Gasteiger charge is -2.26. The number of imide groups is 1. The predicted molar refractivity (Wildman–Crippen MR) is 127 cm³/mol. The third-order valence-corrected chi connectivity index (χ3v) is 5.38. The molecule has 5 amide bonds. The summed E-state index contributed by atoms with van der Waals surface area (Å²) in [7, 11) is 0. The van der Waals surface area contributed by atoms with Gasteiger partial charge in [-0.1, -0.05) is 36.4 Å². The number of benzene rings is 2. The Bertz CT molecular complexity index is 1130. The molecule has 0 unspecified atom stereocenters. The van der Waals surface area contributed by atoms with Crippen LogP contribution in [0.25, 0.3) is 0 Å². The molecule has 186 valence electrons. The van der Waals surface area contributed by atoms with E-state index >= 15 is 0 Å². The van der Waals surface area contributed by atoms with E-state index in [9.17, 15) is 23.6 Å². The lowest BCUT2D eigenvalue weighted by atomic mass is 10.0. The minimum absolute atomic E-state index is 0.182. The first-order valence-electron chi connectivity index (χ1n) is 11.2. The molecule has 4 N–H and O–H groups in total. The summed E-state index contributed by atoms with van der Waals surface area (Å²) in [6, 6.07) is 9.37. The molecule has 2 aromatic carbocycles. The van der Waals surface area contributed by atoms with Gasteiger partial charge in [0.15, 0.2) is 0 Å². The van der Waals surface area contributed by atoms with Crippen molar-refractivity contribution in [3.05, 3.63) is 65.5 Å². The zero-order chi connectivity index (χ0) is 25.8. The third-order valence-electron chi connectivity index (χ3n) is 5.38. The monoisotopic (exact) mass is 484 g/mol. The van der Waals surface area contributed by atoms with E-state index in [-0.39, 0.29) is 18.4 Å². The van der Waals surface area contributed by atoms with Crippen LogP contribution in [-0.4, -0.2) is 41.6 Å². The molecule has 0 spiro atoms. The van der Waals surface area contributed by atoms with Crippen LogP contribution in [0.15, 0.2) is 48.5 Å². The van der Waals surface area contributed by atoms with Crippen LogP contribution in [0.4, 0.5) is 19.7 Å². The van der Waals surface area contributed by atoms with Gasteiger partial charge in [0.2, 0.25) is 5.91 Å². The minimum Gasteiger partial charge on any atom is -0.444 e. The van der Waals surface area contributed by atoms with E-state index in [0.717, 1.165) is 10.5 Å². The Kier molecular flexibility index (Phi) is 7.73. The number of ether oxygens (including phenoxy) is 1. The van der Waals surface area contributed by atoms with E-state index in [2.05, 4.69) is 10.6 Å². The van der Waals surface area contributed by atoms with Gasteiger partial charge in [0, 0.05) is 6.42 Å². The van der Waals surface area contributed by atoms with Crippen molar-refractivity contribution in [3.8, 4) is 0 Å². The molecule has 9 nitrogen and oxygen atoms in total. The second-order valence-electron chi connectivity index (χ2n) is 9.23. The van der Waals surface area contributed by atoms with Crippen LogP contribution in [0.5, 0.6) is 0 Å². The van der Waals surface area contributed by atoms with Crippen LogP contribution in [0.1, 0.15) is 38.3 Å². The fourth-order valence-electron chi connectivity index (χ4n) is 3.81. The molecule has 1 aliphatic heterocycles. The van der Waals surface area contributed by atoms with Gasteiger partial charge < -0.3 is 21.1 Å². The van der Waals surface area contributed by atoms with Crippen molar-refractivity contribution in [2.45, 2.75) is 57.7 Å². The summed E-state index contributed by atoms with van der Waals surface area (Å²) in [5.41, 5.74) is 5.93. The topological polar surface area (TPSA) is 131 Å². The second-order valence-corrected chi connectivity index (χ2v) is 9.23. The second kappa shape index (κ2) is 10.5. The van der Waals surface area contributed by atoms with E-state index in [0.29, 0.717) is 12.1 Å². The molecule has 0 fully saturated rings. The molecule has 2 aromatic rings. The van der Waals surface area contributed by atoms with Crippen molar-refractivity contribution in [2.24, 2.45) is 5.73 Å². The first-order valence-corrected chi connectivity index (χ1v) is 11.2. The number of rotatable bonds is 5. The highest BCUT2D eigenvalue weighted by atomic mass is 19.1. The Hall–Kier alpha value is -3.95. The summed E-state index contributed by atoms with van der Waals surface area (Å²) in [5, 5.41) is 5.07. The molecule has 3 rings (SSSR count). The number of anilines is 1. The van der Waals surface area contributed by atoms with Crippen molar-refractivity contribution >= 4 is 29.6 Å². The largest absolute Gasteiger partial charge is 0.444 e. The fourth-order valence-corrected chi connectivity index (χ4v) is 3.81. The number of alkyl carbamates (subject to hydrolysis) is 1. The molecule has 0 saturated heterocycles. The number of primary amides is 1. The maximum atomic E-state index is 14.3. The zero-order valence-electron chi connectivity index (χ0n) is 19.8. The fraction of sp³-hybridized carbons (Fsp3) is 0.360. The van der Waals surface area contributed by atoms with E-state index in [1.54, 1.807) is 51.1 Å². The standard InChI is InChI=1S/C25H29FN4O5/c1-25(2,3)35-24(34)29-19(14-16-9-4-6-10-17(16)26)21(31)28-18-13-12-15-8-5-7-11-20(15)30(22(18)32)23(27)33/h4-11,18-19H,12-14H2,1-3H3,(H2,27,33)(H,28,31)(H,29,34)/t18-,19-/m1/s1. The van der Waals surface area contributed by atoms with Crippen molar-refractivity contribution in [3.63, 3.8) is 0 Å². The number of aryl methyl sites for hydroxylation is 1. The highest BCUT2D eigenvalue weighted by Crippen LogP contribution is 2.27. The Morgan fingerprint density at radius 2 is 1.80 bits per heavy atom. The third kappa shape index (κ3) is 6.56. The van der Waals surface area contributed by atoms with E-state index in [1.165, 1.54) is 18.2 Å². The SMILES string of the molecule is CC(C)(C)OC(=O)N[C@H](Cc1ccccc1F)C(=O)N[C@@H]1CCc2ccccc2N(C(N)=O)C1=O. The summed E-state index contributed by atoms with van der Waals surface area (Å²) in [6.45, 7) is 5.00. The molecule has 0 aliphatic carbocycles. The Morgan fingerprint density at radius 1 is 1.14 bits per heavy atom. The number of halogens is 1. The van der Waals surface area contributed by atoms with Crippen molar-refractivity contribution in [1.82, 2.24) is 10.6 Å². The summed E-state index contributed by atoms with van der Waals surface area (Å²) in [5.74, 6) is -1.97. The molecular formula is C25H29FN4O5. The molecule has 0 radical (unpaired) electrons. The van der Waals surface area contributed by atoms with Crippen LogP contribution < -0.4 is 21.3 Å². The smallest absolute Gasteiger partial charge is 0.408 e. The highest BCUT2D eigenvalue weighted by Gasteiger charge is 2.36. The summed E-state index contributed by atoms with van der Waals surface area (Å²) < 4.78 is 19.5. The number of hydrogen-bond acceptors (Lipinski definition) is 5. The van der Waals surface area contributed by atoms with Crippen LogP contribution >= 0.6 is 0 Å². The van der Waals surface area contributed by atoms with Crippen LogP contribution in [0, 0.1) is 5.82 Å². The number of fused-ring (bicyclic) bond motifs is 1. The number of nitrogens with one attached hydrogen (secondary N) is 2. The molecule has 1 aliphatic rings. The Balaban J connectivity index is 1.84. The van der Waals surface area contributed by atoms with Gasteiger partial charge in [-0.25, -0.2) is 18.9 Å². The van der Waals surface area contributed by atoms with Crippen molar-refractivity contribution in [2.75, 3.05) is 4.90 Å². The van der Waals surface area contributed by atoms with Gasteiger partial charge >= 0.3 is 12.1 Å². The number of carbonyl (C=O) groups is 4. The zero-order valence-corrected chi connectivity index (χ0v) is 19.8.